The van der Waals surface area contributed by atoms with E-state index in [1.807, 2.05) is 30.3 Å². The van der Waals surface area contributed by atoms with Gasteiger partial charge in [-0.15, -0.1) is 0 Å². The predicted octanol–water partition coefficient (Wildman–Crippen LogP) is 2.32. The second-order valence-corrected chi connectivity index (χ2v) is 4.61. The van der Waals surface area contributed by atoms with Crippen molar-refractivity contribution in [1.29, 1.82) is 0 Å². The number of likely N-dealkylation sites (N-methyl/N-ethyl adjacent to an activating group) is 1. The molecule has 1 unspecified atom stereocenters. The summed E-state index contributed by atoms with van der Waals surface area (Å²) >= 11 is 0. The topological polar surface area (TPSA) is 38.3 Å². The van der Waals surface area contributed by atoms with E-state index in [-0.39, 0.29) is 5.97 Å². The Morgan fingerprint density at radius 2 is 1.94 bits per heavy atom. The number of carbonyl (C=O) groups excluding carboxylic acids is 1. The van der Waals surface area contributed by atoms with Crippen molar-refractivity contribution in [3.8, 4) is 0 Å². The zero-order chi connectivity index (χ0) is 12.9. The fourth-order valence-electron chi connectivity index (χ4n) is 2.18. The Kier molecular flexibility index (Phi) is 4.70. The van der Waals surface area contributed by atoms with Crippen LogP contribution >= 0.6 is 0 Å². The SMILES string of the molecule is CNC(CC(C)C)(C(=O)OC)c1ccccc1. The first-order chi connectivity index (χ1) is 8.06. The lowest BCUT2D eigenvalue weighted by atomic mass is 9.82. The van der Waals surface area contributed by atoms with E-state index < -0.39 is 5.54 Å². The highest BCUT2D eigenvalue weighted by Crippen LogP contribution is 2.29. The van der Waals surface area contributed by atoms with Gasteiger partial charge < -0.3 is 10.1 Å². The van der Waals surface area contributed by atoms with Crippen molar-refractivity contribution < 1.29 is 9.53 Å². The number of methoxy groups -OCH3 is 1. The number of esters is 1. The van der Waals surface area contributed by atoms with E-state index in [2.05, 4.69) is 19.2 Å². The van der Waals surface area contributed by atoms with Crippen molar-refractivity contribution in [3.63, 3.8) is 0 Å². The van der Waals surface area contributed by atoms with Crippen LogP contribution in [0.3, 0.4) is 0 Å². The van der Waals surface area contributed by atoms with Crippen molar-refractivity contribution in [2.75, 3.05) is 14.2 Å². The van der Waals surface area contributed by atoms with E-state index in [1.165, 1.54) is 7.11 Å². The lowest BCUT2D eigenvalue weighted by Gasteiger charge is -2.32. The number of ether oxygens (including phenoxy) is 1. The van der Waals surface area contributed by atoms with Crippen LogP contribution in [0.1, 0.15) is 25.8 Å². The number of carbonyl (C=O) groups is 1. The maximum atomic E-state index is 12.1. The molecular formula is C14H21NO2. The standard InChI is InChI=1S/C14H21NO2/c1-11(2)10-14(15-3,13(16)17-4)12-8-6-5-7-9-12/h5-9,11,15H,10H2,1-4H3. The second kappa shape index (κ2) is 5.82. The Balaban J connectivity index is 3.21. The summed E-state index contributed by atoms with van der Waals surface area (Å²) in [7, 11) is 3.23. The van der Waals surface area contributed by atoms with Crippen LogP contribution < -0.4 is 5.32 Å². The molecule has 0 aliphatic rings. The molecule has 94 valence electrons. The molecule has 1 rings (SSSR count). The van der Waals surface area contributed by atoms with Gasteiger partial charge in [0.15, 0.2) is 0 Å². The third-order valence-corrected chi connectivity index (χ3v) is 2.94. The van der Waals surface area contributed by atoms with Crippen molar-refractivity contribution in [1.82, 2.24) is 5.32 Å². The molecule has 1 aromatic carbocycles. The van der Waals surface area contributed by atoms with Crippen LogP contribution in [0.15, 0.2) is 30.3 Å². The monoisotopic (exact) mass is 235 g/mol. The van der Waals surface area contributed by atoms with E-state index >= 15 is 0 Å². The van der Waals surface area contributed by atoms with E-state index in [0.717, 1.165) is 5.56 Å². The zero-order valence-corrected chi connectivity index (χ0v) is 11.0. The van der Waals surface area contributed by atoms with Gasteiger partial charge in [0, 0.05) is 0 Å². The largest absolute Gasteiger partial charge is 0.467 e. The predicted molar refractivity (Wildman–Crippen MR) is 68.7 cm³/mol. The minimum Gasteiger partial charge on any atom is -0.467 e. The highest BCUT2D eigenvalue weighted by Gasteiger charge is 2.40. The molecule has 1 aromatic rings. The molecule has 0 aromatic heterocycles. The van der Waals surface area contributed by atoms with Gasteiger partial charge in [-0.05, 0) is 24.9 Å². The third kappa shape index (κ3) is 2.86. The van der Waals surface area contributed by atoms with Gasteiger partial charge in [-0.25, -0.2) is 4.79 Å². The smallest absolute Gasteiger partial charge is 0.330 e. The van der Waals surface area contributed by atoms with E-state index in [4.69, 9.17) is 4.74 Å². The quantitative estimate of drug-likeness (QED) is 0.796. The van der Waals surface area contributed by atoms with Gasteiger partial charge >= 0.3 is 5.97 Å². The van der Waals surface area contributed by atoms with Crippen LogP contribution in [0.4, 0.5) is 0 Å². The molecule has 0 saturated carbocycles. The van der Waals surface area contributed by atoms with Gasteiger partial charge in [0.25, 0.3) is 0 Å². The lowest BCUT2D eigenvalue weighted by Crippen LogP contribution is -2.49. The van der Waals surface area contributed by atoms with Crippen LogP contribution in [0, 0.1) is 5.92 Å². The molecule has 17 heavy (non-hydrogen) atoms. The minimum atomic E-state index is -0.746. The summed E-state index contributed by atoms with van der Waals surface area (Å²) in [6, 6.07) is 9.72. The summed E-state index contributed by atoms with van der Waals surface area (Å²) in [5, 5.41) is 3.14. The van der Waals surface area contributed by atoms with Gasteiger partial charge in [0.05, 0.1) is 7.11 Å². The molecule has 0 saturated heterocycles. The first-order valence-corrected chi connectivity index (χ1v) is 5.89. The number of rotatable bonds is 5. The molecule has 3 heteroatoms. The molecule has 0 amide bonds. The second-order valence-electron chi connectivity index (χ2n) is 4.61. The molecule has 0 heterocycles. The molecule has 1 atom stereocenters. The normalized spacial score (nSPS) is 14.4. The first-order valence-electron chi connectivity index (χ1n) is 5.89. The van der Waals surface area contributed by atoms with Crippen LogP contribution in [0.5, 0.6) is 0 Å². The van der Waals surface area contributed by atoms with Crippen molar-refractivity contribution in [3.05, 3.63) is 35.9 Å². The van der Waals surface area contributed by atoms with Crippen LogP contribution in [0.2, 0.25) is 0 Å². The molecule has 0 spiro atoms. The molecule has 0 radical (unpaired) electrons. The fraction of sp³-hybridized carbons (Fsp3) is 0.500. The highest BCUT2D eigenvalue weighted by molar-refractivity contribution is 5.82. The Bertz CT molecular complexity index is 362. The van der Waals surface area contributed by atoms with Gasteiger partial charge in [-0.3, -0.25) is 0 Å². The zero-order valence-electron chi connectivity index (χ0n) is 11.0. The average molecular weight is 235 g/mol. The Labute approximate surface area is 103 Å². The summed E-state index contributed by atoms with van der Waals surface area (Å²) in [6.45, 7) is 4.19. The molecular weight excluding hydrogens is 214 g/mol. The summed E-state index contributed by atoms with van der Waals surface area (Å²) in [4.78, 5) is 12.1. The van der Waals surface area contributed by atoms with Crippen LogP contribution in [-0.4, -0.2) is 20.1 Å². The molecule has 0 aliphatic heterocycles. The Morgan fingerprint density at radius 1 is 1.35 bits per heavy atom. The minimum absolute atomic E-state index is 0.236. The Hall–Kier alpha value is -1.35. The number of nitrogens with one attached hydrogen (secondary N) is 1. The maximum absolute atomic E-state index is 12.1. The third-order valence-electron chi connectivity index (χ3n) is 2.94. The average Bonchev–Trinajstić information content (AvgIpc) is 2.35. The van der Waals surface area contributed by atoms with Crippen molar-refractivity contribution in [2.24, 2.45) is 5.92 Å². The molecule has 0 fully saturated rings. The summed E-state index contributed by atoms with van der Waals surface area (Å²) in [5.41, 5.74) is 0.201. The number of benzene rings is 1. The lowest BCUT2D eigenvalue weighted by molar-refractivity contribution is -0.149. The molecule has 1 N–H and O–H groups in total. The summed E-state index contributed by atoms with van der Waals surface area (Å²) in [6.07, 6.45) is 0.709. The fourth-order valence-corrected chi connectivity index (χ4v) is 2.18. The van der Waals surface area contributed by atoms with Gasteiger partial charge in [-0.1, -0.05) is 44.2 Å². The molecule has 3 nitrogen and oxygen atoms in total. The van der Waals surface area contributed by atoms with Gasteiger partial charge in [-0.2, -0.15) is 0 Å². The van der Waals surface area contributed by atoms with Crippen molar-refractivity contribution >= 4 is 5.97 Å². The first kappa shape index (κ1) is 13.7. The molecule has 0 aliphatic carbocycles. The number of hydrogen-bond acceptors (Lipinski definition) is 3. The van der Waals surface area contributed by atoms with Crippen LogP contribution in [-0.2, 0) is 15.1 Å². The van der Waals surface area contributed by atoms with E-state index in [1.54, 1.807) is 7.05 Å². The van der Waals surface area contributed by atoms with Gasteiger partial charge in [0.1, 0.15) is 5.54 Å². The Morgan fingerprint density at radius 3 is 2.35 bits per heavy atom. The van der Waals surface area contributed by atoms with Gasteiger partial charge in [0.2, 0.25) is 0 Å². The molecule has 0 bridgehead atoms. The number of hydrogen-bond donors (Lipinski definition) is 1. The van der Waals surface area contributed by atoms with Crippen molar-refractivity contribution in [2.45, 2.75) is 25.8 Å². The maximum Gasteiger partial charge on any atom is 0.330 e. The highest BCUT2D eigenvalue weighted by atomic mass is 16.5. The summed E-state index contributed by atoms with van der Waals surface area (Å²) < 4.78 is 4.96. The summed E-state index contributed by atoms with van der Waals surface area (Å²) in [5.74, 6) is 0.154. The van der Waals surface area contributed by atoms with E-state index in [0.29, 0.717) is 12.3 Å². The van der Waals surface area contributed by atoms with Crippen LogP contribution in [0.25, 0.3) is 0 Å². The van der Waals surface area contributed by atoms with E-state index in [9.17, 15) is 4.79 Å².